The first kappa shape index (κ1) is 22.3. The first-order chi connectivity index (χ1) is 18.1. The van der Waals surface area contributed by atoms with Crippen LogP contribution in [0.3, 0.4) is 0 Å². The molecule has 2 aliphatic carbocycles. The molecule has 2 aliphatic heterocycles. The van der Waals surface area contributed by atoms with Crippen LogP contribution in [-0.4, -0.2) is 48.7 Å². The Balaban J connectivity index is 1.29. The van der Waals surface area contributed by atoms with Crippen molar-refractivity contribution >= 4 is 11.9 Å². The molecule has 0 radical (unpaired) electrons. The van der Waals surface area contributed by atoms with E-state index in [0.29, 0.717) is 28.7 Å². The molecule has 4 aliphatic rings. The molecule has 5 atom stereocenters. The lowest BCUT2D eigenvalue weighted by Crippen LogP contribution is -2.65. The second-order valence-corrected chi connectivity index (χ2v) is 10.4. The van der Waals surface area contributed by atoms with Crippen molar-refractivity contribution in [3.8, 4) is 11.5 Å². The van der Waals surface area contributed by atoms with Crippen LogP contribution in [-0.2, 0) is 16.6 Å². The predicted molar refractivity (Wildman–Crippen MR) is 137 cm³/mol. The van der Waals surface area contributed by atoms with Crippen molar-refractivity contribution in [1.29, 1.82) is 0 Å². The van der Waals surface area contributed by atoms with Gasteiger partial charge < -0.3 is 19.1 Å². The minimum Gasteiger partial charge on any atom is -0.481 e. The number of carbonyl (C=O) groups is 2. The largest absolute Gasteiger partial charge is 0.481 e. The maximum absolute atomic E-state index is 13.0. The second kappa shape index (κ2) is 8.32. The van der Waals surface area contributed by atoms with Crippen molar-refractivity contribution in [3.63, 3.8) is 0 Å². The molecule has 6 heteroatoms. The van der Waals surface area contributed by atoms with Gasteiger partial charge in [-0.25, -0.2) is 9.59 Å². The Morgan fingerprint density at radius 2 is 1.62 bits per heavy atom. The number of carbonyl (C=O) groups excluding carboxylic acids is 2. The Morgan fingerprint density at radius 3 is 2.35 bits per heavy atom. The molecule has 0 amide bonds. The van der Waals surface area contributed by atoms with Crippen LogP contribution >= 0.6 is 0 Å². The molecule has 1 spiro atoms. The number of esters is 2. The number of hydrogen-bond acceptors (Lipinski definition) is 6. The Labute approximate surface area is 215 Å². The summed E-state index contributed by atoms with van der Waals surface area (Å²) in [4.78, 5) is 28.4. The fraction of sp³-hybridized carbons (Fsp3) is 0.290. The van der Waals surface area contributed by atoms with Gasteiger partial charge in [-0.2, -0.15) is 0 Å². The first-order valence-corrected chi connectivity index (χ1v) is 12.8. The molecule has 0 N–H and O–H groups in total. The van der Waals surface area contributed by atoms with E-state index in [0.717, 1.165) is 24.9 Å². The summed E-state index contributed by atoms with van der Waals surface area (Å²) in [6, 6.07) is 22.2. The summed E-state index contributed by atoms with van der Waals surface area (Å²) in [5.74, 6) is 0.453. The van der Waals surface area contributed by atoms with Gasteiger partial charge in [0, 0.05) is 22.9 Å². The quantitative estimate of drug-likeness (QED) is 0.301. The van der Waals surface area contributed by atoms with Gasteiger partial charge in [0.2, 0.25) is 0 Å². The van der Waals surface area contributed by atoms with Gasteiger partial charge in [0.05, 0.1) is 11.1 Å². The monoisotopic (exact) mass is 493 g/mol. The van der Waals surface area contributed by atoms with Gasteiger partial charge in [0.1, 0.15) is 6.10 Å². The number of likely N-dealkylation sites (tertiary alicyclic amines) is 1. The van der Waals surface area contributed by atoms with E-state index in [-0.39, 0.29) is 17.3 Å². The minimum atomic E-state index is -0.552. The zero-order chi connectivity index (χ0) is 25.1. The van der Waals surface area contributed by atoms with Crippen molar-refractivity contribution in [2.24, 2.45) is 5.92 Å². The third-order valence-corrected chi connectivity index (χ3v) is 8.58. The van der Waals surface area contributed by atoms with E-state index >= 15 is 0 Å². The van der Waals surface area contributed by atoms with Crippen molar-refractivity contribution in [3.05, 3.63) is 107 Å². The molecule has 6 nitrogen and oxygen atoms in total. The molecule has 0 aromatic heterocycles. The maximum atomic E-state index is 13.0. The summed E-state index contributed by atoms with van der Waals surface area (Å²) in [6.45, 7) is 0.918. The Kier molecular flexibility index (Phi) is 5.01. The summed E-state index contributed by atoms with van der Waals surface area (Å²) >= 11 is 0. The number of nitrogens with zero attached hydrogens (tertiary/aromatic N) is 1. The van der Waals surface area contributed by atoms with E-state index in [1.54, 1.807) is 24.3 Å². The highest BCUT2D eigenvalue weighted by Gasteiger charge is 2.65. The van der Waals surface area contributed by atoms with Crippen LogP contribution in [0.1, 0.15) is 38.3 Å². The second-order valence-electron chi connectivity index (χ2n) is 10.4. The minimum absolute atomic E-state index is 0.219. The van der Waals surface area contributed by atoms with Gasteiger partial charge in [-0.3, -0.25) is 0 Å². The SMILES string of the molecule is CN1CC[C@]23c4c5ccc(OC(=O)c6ccccc6)c4O[C@H]2[C@@H](OC(=O)c2ccccc2)C=C[C@H]3[C@H]1C5. The fourth-order valence-corrected chi connectivity index (χ4v) is 6.89. The fourth-order valence-electron chi connectivity index (χ4n) is 6.89. The Bertz CT molecular complexity index is 1420. The van der Waals surface area contributed by atoms with Gasteiger partial charge in [0.15, 0.2) is 17.6 Å². The average molecular weight is 494 g/mol. The molecule has 1 saturated heterocycles. The lowest BCUT2D eigenvalue weighted by Gasteiger charge is -2.56. The molecule has 186 valence electrons. The van der Waals surface area contributed by atoms with Gasteiger partial charge in [-0.15, -0.1) is 0 Å². The highest BCUT2D eigenvalue weighted by atomic mass is 16.6. The Hall–Kier alpha value is -3.90. The predicted octanol–water partition coefficient (Wildman–Crippen LogP) is 4.58. The lowest BCUT2D eigenvalue weighted by atomic mass is 9.53. The molecule has 2 heterocycles. The number of rotatable bonds is 4. The first-order valence-electron chi connectivity index (χ1n) is 12.8. The van der Waals surface area contributed by atoms with Gasteiger partial charge in [-0.05, 0) is 68.4 Å². The molecular weight excluding hydrogens is 466 g/mol. The Morgan fingerprint density at radius 1 is 0.919 bits per heavy atom. The number of ether oxygens (including phenoxy) is 3. The van der Waals surface area contributed by atoms with Crippen LogP contribution in [0.2, 0.25) is 0 Å². The molecule has 3 aromatic rings. The maximum Gasteiger partial charge on any atom is 0.343 e. The molecule has 3 aromatic carbocycles. The third-order valence-electron chi connectivity index (χ3n) is 8.58. The summed E-state index contributed by atoms with van der Waals surface area (Å²) in [5, 5.41) is 0. The average Bonchev–Trinajstić information content (AvgIpc) is 3.29. The van der Waals surface area contributed by atoms with Crippen molar-refractivity contribution in [2.75, 3.05) is 13.6 Å². The standard InChI is InChI=1S/C31H27NO5/c1-32-17-16-31-22-13-15-25(36-30(34)20-10-6-3-7-11-20)28(31)37-27-24(14-12-21(26(27)31)18-23(22)32)35-29(33)19-8-4-2-5-9-19/h2-15,22-23,25,28H,16-18H2,1H3/t22-,23+,25-,28-,31-/m0/s1. The van der Waals surface area contributed by atoms with Crippen molar-refractivity contribution < 1.29 is 23.8 Å². The highest BCUT2D eigenvalue weighted by Crippen LogP contribution is 2.62. The van der Waals surface area contributed by atoms with Gasteiger partial charge in [-0.1, -0.05) is 48.5 Å². The van der Waals surface area contributed by atoms with Crippen LogP contribution in [0.4, 0.5) is 0 Å². The van der Waals surface area contributed by atoms with Gasteiger partial charge in [0.25, 0.3) is 0 Å². The summed E-state index contributed by atoms with van der Waals surface area (Å²) in [7, 11) is 2.18. The normalized spacial score (nSPS) is 28.7. The van der Waals surface area contributed by atoms with Crippen LogP contribution in [0.5, 0.6) is 11.5 Å². The number of likely N-dealkylation sites (N-methyl/N-ethyl adjacent to an activating group) is 1. The lowest BCUT2D eigenvalue weighted by molar-refractivity contribution is -0.0555. The van der Waals surface area contributed by atoms with Crippen molar-refractivity contribution in [1.82, 2.24) is 4.90 Å². The van der Waals surface area contributed by atoms with Crippen LogP contribution in [0.15, 0.2) is 84.9 Å². The molecule has 2 bridgehead atoms. The summed E-state index contributed by atoms with van der Waals surface area (Å²) in [5.41, 5.74) is 2.98. The van der Waals surface area contributed by atoms with Crippen LogP contribution < -0.4 is 9.47 Å². The zero-order valence-corrected chi connectivity index (χ0v) is 20.5. The summed E-state index contributed by atoms with van der Waals surface area (Å²) in [6.07, 6.45) is 5.04. The molecular formula is C31H27NO5. The van der Waals surface area contributed by atoms with E-state index in [1.165, 1.54) is 5.56 Å². The molecule has 37 heavy (non-hydrogen) atoms. The van der Waals surface area contributed by atoms with E-state index in [2.05, 4.69) is 24.1 Å². The zero-order valence-electron chi connectivity index (χ0n) is 20.5. The molecule has 0 unspecified atom stereocenters. The van der Waals surface area contributed by atoms with E-state index in [4.69, 9.17) is 14.2 Å². The van der Waals surface area contributed by atoms with E-state index < -0.39 is 18.2 Å². The highest BCUT2D eigenvalue weighted by molar-refractivity contribution is 5.91. The third kappa shape index (κ3) is 3.28. The molecule has 1 fully saturated rings. The van der Waals surface area contributed by atoms with E-state index in [9.17, 15) is 9.59 Å². The van der Waals surface area contributed by atoms with Crippen LogP contribution in [0, 0.1) is 5.92 Å². The molecule has 7 rings (SSSR count). The number of benzene rings is 3. The molecule has 0 saturated carbocycles. The van der Waals surface area contributed by atoms with Crippen LogP contribution in [0.25, 0.3) is 0 Å². The smallest absolute Gasteiger partial charge is 0.343 e. The number of piperidine rings is 1. The van der Waals surface area contributed by atoms with Crippen molar-refractivity contribution in [2.45, 2.75) is 36.5 Å². The topological polar surface area (TPSA) is 65.1 Å². The summed E-state index contributed by atoms with van der Waals surface area (Å²) < 4.78 is 18.7. The van der Waals surface area contributed by atoms with E-state index in [1.807, 2.05) is 48.5 Å². The van der Waals surface area contributed by atoms with Gasteiger partial charge >= 0.3 is 11.9 Å². The number of hydrogen-bond donors (Lipinski definition) is 0.